The summed E-state index contributed by atoms with van der Waals surface area (Å²) < 4.78 is 24.9. The molecule has 1 aromatic carbocycles. The van der Waals surface area contributed by atoms with E-state index >= 15 is 0 Å². The minimum atomic E-state index is -3.27. The smallest absolute Gasteiger partial charge is 0.253 e. The van der Waals surface area contributed by atoms with Crippen LogP contribution in [-0.4, -0.2) is 52.2 Å². The van der Waals surface area contributed by atoms with Gasteiger partial charge in [0.2, 0.25) is 10.0 Å². The number of hydrogen-bond donors (Lipinski definition) is 1. The number of carbonyl (C=O) groups is 1. The van der Waals surface area contributed by atoms with E-state index < -0.39 is 10.0 Å². The molecule has 0 fully saturated rings. The summed E-state index contributed by atoms with van der Waals surface area (Å²) in [5, 5.41) is 0. The largest absolute Gasteiger partial charge is 0.341 e. The Hall–Kier alpha value is -1.31. The monoisotopic (exact) mass is 375 g/mol. The highest BCUT2D eigenvalue weighted by Crippen LogP contribution is 2.31. The first-order valence-corrected chi connectivity index (χ1v) is 9.46. The van der Waals surface area contributed by atoms with Crippen LogP contribution in [0.25, 0.3) is 0 Å². The third-order valence-electron chi connectivity index (χ3n) is 4.14. The van der Waals surface area contributed by atoms with Gasteiger partial charge in [0.25, 0.3) is 5.91 Å². The molecule has 0 saturated carbocycles. The average Bonchev–Trinajstić information content (AvgIpc) is 2.88. The van der Waals surface area contributed by atoms with E-state index in [1.807, 2.05) is 13.8 Å². The number of carbonyl (C=O) groups excluding carboxylic acids is 1. The third kappa shape index (κ3) is 4.40. The topological polar surface area (TPSA) is 83.7 Å². The second-order valence-corrected chi connectivity index (χ2v) is 8.86. The standard InChI is InChI=1S/C16H25N3O3S.ClH/c1-16(2,10-17)11-18(3)15(20)13-5-6-14-12(9-13)7-8-19(14)23(4,21)22;/h5-6,9H,7-8,10-11,17H2,1-4H3;1H. The highest BCUT2D eigenvalue weighted by atomic mass is 35.5. The molecule has 2 rings (SSSR count). The van der Waals surface area contributed by atoms with Crippen molar-refractivity contribution in [3.05, 3.63) is 29.3 Å². The summed E-state index contributed by atoms with van der Waals surface area (Å²) in [4.78, 5) is 14.2. The van der Waals surface area contributed by atoms with Gasteiger partial charge in [-0.05, 0) is 42.1 Å². The molecule has 0 aliphatic carbocycles. The van der Waals surface area contributed by atoms with E-state index in [4.69, 9.17) is 5.73 Å². The van der Waals surface area contributed by atoms with Crippen molar-refractivity contribution in [1.82, 2.24) is 4.90 Å². The first-order valence-electron chi connectivity index (χ1n) is 7.61. The Bertz CT molecular complexity index is 719. The lowest BCUT2D eigenvalue weighted by molar-refractivity contribution is 0.0740. The summed E-state index contributed by atoms with van der Waals surface area (Å²) in [6, 6.07) is 5.21. The molecule has 1 amide bonds. The summed E-state index contributed by atoms with van der Waals surface area (Å²) in [5.41, 5.74) is 7.73. The van der Waals surface area contributed by atoms with E-state index in [0.29, 0.717) is 37.3 Å². The molecular formula is C16H26ClN3O3S. The number of fused-ring (bicyclic) bond motifs is 1. The molecule has 8 heteroatoms. The van der Waals surface area contributed by atoms with Crippen LogP contribution in [0, 0.1) is 5.41 Å². The average molecular weight is 376 g/mol. The number of hydrogen-bond acceptors (Lipinski definition) is 4. The van der Waals surface area contributed by atoms with Crippen molar-refractivity contribution in [1.29, 1.82) is 0 Å². The van der Waals surface area contributed by atoms with Crippen LogP contribution in [0.2, 0.25) is 0 Å². The van der Waals surface area contributed by atoms with Crippen LogP contribution in [0.3, 0.4) is 0 Å². The summed E-state index contributed by atoms with van der Waals surface area (Å²) in [6.45, 7) is 5.53. The number of sulfonamides is 1. The fourth-order valence-corrected chi connectivity index (χ4v) is 3.81. The van der Waals surface area contributed by atoms with Crippen LogP contribution in [0.4, 0.5) is 5.69 Å². The van der Waals surface area contributed by atoms with Crippen LogP contribution in [0.1, 0.15) is 29.8 Å². The summed E-state index contributed by atoms with van der Waals surface area (Å²) >= 11 is 0. The quantitative estimate of drug-likeness (QED) is 0.845. The van der Waals surface area contributed by atoms with Gasteiger partial charge in [-0.3, -0.25) is 9.10 Å². The zero-order valence-corrected chi connectivity index (χ0v) is 16.2. The molecule has 0 spiro atoms. The highest BCUT2D eigenvalue weighted by Gasteiger charge is 2.28. The maximum atomic E-state index is 12.6. The summed E-state index contributed by atoms with van der Waals surface area (Å²) in [6.07, 6.45) is 1.82. The minimum Gasteiger partial charge on any atom is -0.341 e. The molecule has 1 aromatic rings. The van der Waals surface area contributed by atoms with Crippen molar-refractivity contribution in [3.8, 4) is 0 Å². The number of rotatable bonds is 5. The van der Waals surface area contributed by atoms with Gasteiger partial charge in [0.1, 0.15) is 0 Å². The van der Waals surface area contributed by atoms with Crippen LogP contribution >= 0.6 is 12.4 Å². The molecule has 1 aliphatic rings. The van der Waals surface area contributed by atoms with E-state index in [9.17, 15) is 13.2 Å². The van der Waals surface area contributed by atoms with Crippen LogP contribution < -0.4 is 10.0 Å². The van der Waals surface area contributed by atoms with Gasteiger partial charge in [-0.1, -0.05) is 13.8 Å². The molecule has 136 valence electrons. The number of amides is 1. The molecule has 0 atom stereocenters. The molecule has 1 heterocycles. The molecule has 6 nitrogen and oxygen atoms in total. The maximum Gasteiger partial charge on any atom is 0.253 e. The molecule has 0 bridgehead atoms. The van der Waals surface area contributed by atoms with Crippen molar-refractivity contribution >= 4 is 34.0 Å². The normalized spacial score (nSPS) is 14.1. The molecule has 24 heavy (non-hydrogen) atoms. The van der Waals surface area contributed by atoms with Gasteiger partial charge in [-0.25, -0.2) is 8.42 Å². The molecule has 2 N–H and O–H groups in total. The van der Waals surface area contributed by atoms with Crippen molar-refractivity contribution in [2.75, 3.05) is 37.2 Å². The first kappa shape index (κ1) is 20.7. The Labute approximate surface area is 150 Å². The van der Waals surface area contributed by atoms with Gasteiger partial charge in [0.15, 0.2) is 0 Å². The Morgan fingerprint density at radius 3 is 2.54 bits per heavy atom. The molecule has 1 aliphatic heterocycles. The predicted molar refractivity (Wildman–Crippen MR) is 99.4 cm³/mol. The summed E-state index contributed by atoms with van der Waals surface area (Å²) in [7, 11) is -1.51. The minimum absolute atomic E-state index is 0. The lowest BCUT2D eigenvalue weighted by atomic mass is 9.93. The number of nitrogens with two attached hydrogens (primary N) is 1. The number of nitrogens with zero attached hydrogens (tertiary/aromatic N) is 2. The number of anilines is 1. The lowest BCUT2D eigenvalue weighted by Gasteiger charge is -2.29. The fraction of sp³-hybridized carbons (Fsp3) is 0.562. The predicted octanol–water partition coefficient (Wildman–Crippen LogP) is 1.49. The number of benzene rings is 1. The lowest BCUT2D eigenvalue weighted by Crippen LogP contribution is -2.39. The zero-order valence-electron chi connectivity index (χ0n) is 14.6. The van der Waals surface area contributed by atoms with E-state index in [0.717, 1.165) is 5.56 Å². The molecule has 0 unspecified atom stereocenters. The van der Waals surface area contributed by atoms with E-state index in [1.54, 1.807) is 30.1 Å². The molecule has 0 saturated heterocycles. The highest BCUT2D eigenvalue weighted by molar-refractivity contribution is 7.92. The van der Waals surface area contributed by atoms with Gasteiger partial charge in [-0.15, -0.1) is 12.4 Å². The van der Waals surface area contributed by atoms with E-state index in [1.165, 1.54) is 10.6 Å². The van der Waals surface area contributed by atoms with E-state index in [2.05, 4.69) is 0 Å². The van der Waals surface area contributed by atoms with Crippen molar-refractivity contribution < 1.29 is 13.2 Å². The van der Waals surface area contributed by atoms with Crippen molar-refractivity contribution in [2.24, 2.45) is 11.1 Å². The second kappa shape index (κ2) is 7.29. The van der Waals surface area contributed by atoms with Gasteiger partial charge >= 0.3 is 0 Å². The second-order valence-electron chi connectivity index (χ2n) is 6.96. The fourth-order valence-electron chi connectivity index (χ4n) is 2.85. The Morgan fingerprint density at radius 2 is 2.00 bits per heavy atom. The third-order valence-corrected chi connectivity index (χ3v) is 5.32. The van der Waals surface area contributed by atoms with Gasteiger partial charge in [0, 0.05) is 25.7 Å². The summed E-state index contributed by atoms with van der Waals surface area (Å²) in [5.74, 6) is -0.0767. The zero-order chi connectivity index (χ0) is 17.4. The van der Waals surface area contributed by atoms with Crippen molar-refractivity contribution in [3.63, 3.8) is 0 Å². The van der Waals surface area contributed by atoms with Crippen LogP contribution in [0.5, 0.6) is 0 Å². The number of halogens is 1. The Morgan fingerprint density at radius 1 is 1.38 bits per heavy atom. The molecule has 0 radical (unpaired) electrons. The van der Waals surface area contributed by atoms with Gasteiger partial charge in [0.05, 0.1) is 11.9 Å². The van der Waals surface area contributed by atoms with E-state index in [-0.39, 0.29) is 23.7 Å². The molecular weight excluding hydrogens is 350 g/mol. The van der Waals surface area contributed by atoms with Crippen LogP contribution in [0.15, 0.2) is 18.2 Å². The Kier molecular flexibility index (Phi) is 6.30. The maximum absolute atomic E-state index is 12.6. The van der Waals surface area contributed by atoms with Gasteiger partial charge < -0.3 is 10.6 Å². The first-order chi connectivity index (χ1) is 10.5. The van der Waals surface area contributed by atoms with Gasteiger partial charge in [-0.2, -0.15) is 0 Å². The Balaban J connectivity index is 0.00000288. The SMILES string of the molecule is CN(CC(C)(C)CN)C(=O)c1ccc2c(c1)CCN2S(C)(=O)=O.Cl. The molecule has 0 aromatic heterocycles. The van der Waals surface area contributed by atoms with Crippen molar-refractivity contribution in [2.45, 2.75) is 20.3 Å². The van der Waals surface area contributed by atoms with Crippen LogP contribution in [-0.2, 0) is 16.4 Å².